The first kappa shape index (κ1) is 16.5. The van der Waals surface area contributed by atoms with E-state index in [0.717, 1.165) is 18.3 Å². The summed E-state index contributed by atoms with van der Waals surface area (Å²) >= 11 is 0. The predicted octanol–water partition coefficient (Wildman–Crippen LogP) is 4.18. The Bertz CT molecular complexity index is 427. The minimum Gasteiger partial charge on any atom is -0.327 e. The van der Waals surface area contributed by atoms with Crippen molar-refractivity contribution in [1.82, 2.24) is 0 Å². The van der Waals surface area contributed by atoms with Crippen molar-refractivity contribution < 1.29 is 0 Å². The van der Waals surface area contributed by atoms with Crippen LogP contribution < -0.4 is 11.5 Å². The molecule has 3 aliphatic carbocycles. The monoisotopic (exact) mass is 288 g/mol. The third-order valence-corrected chi connectivity index (χ3v) is 5.21. The minimum atomic E-state index is 0.292. The molecule has 3 aliphatic rings. The number of hydrogen-bond donors (Lipinski definition) is 2. The van der Waals surface area contributed by atoms with Gasteiger partial charge in [-0.05, 0) is 61.5 Å². The van der Waals surface area contributed by atoms with E-state index in [1.54, 1.807) is 0 Å². The number of nitrogens with two attached hydrogens (primary N) is 2. The van der Waals surface area contributed by atoms with Gasteiger partial charge in [-0.3, -0.25) is 0 Å². The highest BCUT2D eigenvalue weighted by Crippen LogP contribution is 2.43. The lowest BCUT2D eigenvalue weighted by Crippen LogP contribution is -2.26. The largest absolute Gasteiger partial charge is 0.327 e. The zero-order chi connectivity index (χ0) is 15.2. The van der Waals surface area contributed by atoms with E-state index in [-0.39, 0.29) is 0 Å². The van der Waals surface area contributed by atoms with Gasteiger partial charge < -0.3 is 11.5 Å². The maximum absolute atomic E-state index is 5.95. The normalized spacial score (nSPS) is 32.4. The minimum absolute atomic E-state index is 0.292. The molecule has 2 fully saturated rings. The second-order valence-corrected chi connectivity index (χ2v) is 6.54. The molecule has 4 atom stereocenters. The molecule has 2 heteroatoms. The van der Waals surface area contributed by atoms with E-state index < -0.39 is 0 Å². The summed E-state index contributed by atoms with van der Waals surface area (Å²) in [5, 5.41) is 0. The smallest absolute Gasteiger partial charge is 0.0297 e. The molecule has 2 bridgehead atoms. The average molecular weight is 288 g/mol. The van der Waals surface area contributed by atoms with E-state index in [4.69, 9.17) is 11.5 Å². The Morgan fingerprint density at radius 3 is 2.24 bits per heavy atom. The molecule has 0 aromatic heterocycles. The number of fused-ring (bicyclic) bond motifs is 3. The van der Waals surface area contributed by atoms with Gasteiger partial charge >= 0.3 is 0 Å². The predicted molar refractivity (Wildman–Crippen MR) is 91.1 cm³/mol. The summed E-state index contributed by atoms with van der Waals surface area (Å²) < 4.78 is 0. The molecular weight excluding hydrogens is 256 g/mol. The average Bonchev–Trinajstić information content (AvgIpc) is 3.13. The van der Waals surface area contributed by atoms with Crippen LogP contribution in [0, 0.1) is 11.8 Å². The van der Waals surface area contributed by atoms with Crippen LogP contribution in [0.5, 0.6) is 0 Å². The SMILES string of the molecule is CC.NC1CC2CCC1C2.NC1CCCc2ccccc21. The van der Waals surface area contributed by atoms with Crippen LogP contribution in [0.2, 0.25) is 0 Å². The highest BCUT2D eigenvalue weighted by molar-refractivity contribution is 5.31. The van der Waals surface area contributed by atoms with Gasteiger partial charge in [0.25, 0.3) is 0 Å². The molecule has 118 valence electrons. The van der Waals surface area contributed by atoms with E-state index in [2.05, 4.69) is 24.3 Å². The van der Waals surface area contributed by atoms with E-state index in [0.29, 0.717) is 12.1 Å². The molecule has 2 saturated carbocycles. The molecule has 1 aromatic rings. The number of hydrogen-bond acceptors (Lipinski definition) is 2. The van der Waals surface area contributed by atoms with Crippen LogP contribution in [0.1, 0.15) is 69.5 Å². The first-order valence-corrected chi connectivity index (χ1v) is 8.83. The van der Waals surface area contributed by atoms with Gasteiger partial charge in [0.1, 0.15) is 0 Å². The molecule has 0 aliphatic heterocycles. The van der Waals surface area contributed by atoms with Gasteiger partial charge in [-0.2, -0.15) is 0 Å². The van der Waals surface area contributed by atoms with Gasteiger partial charge in [-0.15, -0.1) is 0 Å². The van der Waals surface area contributed by atoms with Gasteiger partial charge in [-0.25, -0.2) is 0 Å². The summed E-state index contributed by atoms with van der Waals surface area (Å²) in [6.07, 6.45) is 9.27. The summed E-state index contributed by atoms with van der Waals surface area (Å²) in [5.74, 6) is 1.94. The van der Waals surface area contributed by atoms with Crippen molar-refractivity contribution in [3.05, 3.63) is 35.4 Å². The van der Waals surface area contributed by atoms with E-state index in [1.165, 1.54) is 49.7 Å². The molecule has 21 heavy (non-hydrogen) atoms. The van der Waals surface area contributed by atoms with Crippen molar-refractivity contribution in [3.8, 4) is 0 Å². The zero-order valence-electron chi connectivity index (χ0n) is 13.7. The molecule has 0 spiro atoms. The van der Waals surface area contributed by atoms with Crippen molar-refractivity contribution in [2.24, 2.45) is 23.3 Å². The molecule has 0 radical (unpaired) electrons. The Hall–Kier alpha value is -0.860. The van der Waals surface area contributed by atoms with E-state index in [9.17, 15) is 0 Å². The summed E-state index contributed by atoms with van der Waals surface area (Å²) in [6, 6.07) is 9.38. The Labute approximate surface area is 130 Å². The van der Waals surface area contributed by atoms with Crippen LogP contribution in [-0.2, 0) is 6.42 Å². The molecule has 4 N–H and O–H groups in total. The topological polar surface area (TPSA) is 52.0 Å². The van der Waals surface area contributed by atoms with Gasteiger partial charge in [0.15, 0.2) is 0 Å². The standard InChI is InChI=1S/C10H13N.C7H13N.C2H6/c11-10-7-3-5-8-4-1-2-6-9(8)10;8-7-4-5-1-2-6(7)3-5;1-2/h1-2,4,6,10H,3,5,7,11H2;5-7H,1-4,8H2;1-2H3. The Morgan fingerprint density at radius 2 is 1.71 bits per heavy atom. The maximum Gasteiger partial charge on any atom is 0.0297 e. The highest BCUT2D eigenvalue weighted by Gasteiger charge is 2.37. The fraction of sp³-hybridized carbons (Fsp3) is 0.684. The maximum atomic E-state index is 5.95. The highest BCUT2D eigenvalue weighted by atomic mass is 14.7. The van der Waals surface area contributed by atoms with E-state index >= 15 is 0 Å². The van der Waals surface area contributed by atoms with Crippen molar-refractivity contribution in [2.45, 2.75) is 70.9 Å². The van der Waals surface area contributed by atoms with Gasteiger partial charge in [0.2, 0.25) is 0 Å². The van der Waals surface area contributed by atoms with Crippen molar-refractivity contribution >= 4 is 0 Å². The molecule has 1 aromatic carbocycles. The molecule has 2 nitrogen and oxygen atoms in total. The lowest BCUT2D eigenvalue weighted by molar-refractivity contribution is 0.418. The first-order chi connectivity index (χ1) is 10.2. The number of rotatable bonds is 0. The lowest BCUT2D eigenvalue weighted by atomic mass is 9.88. The third kappa shape index (κ3) is 4.08. The van der Waals surface area contributed by atoms with Crippen molar-refractivity contribution in [3.63, 3.8) is 0 Å². The second kappa shape index (κ2) is 7.95. The van der Waals surface area contributed by atoms with Crippen LogP contribution in [-0.4, -0.2) is 6.04 Å². The van der Waals surface area contributed by atoms with E-state index in [1.807, 2.05) is 13.8 Å². The fourth-order valence-corrected chi connectivity index (χ4v) is 4.09. The fourth-order valence-electron chi connectivity index (χ4n) is 4.09. The lowest BCUT2D eigenvalue weighted by Gasteiger charge is -2.21. The molecule has 0 amide bonds. The second-order valence-electron chi connectivity index (χ2n) is 6.54. The van der Waals surface area contributed by atoms with Gasteiger partial charge in [0, 0.05) is 12.1 Å². The van der Waals surface area contributed by atoms with Gasteiger partial charge in [-0.1, -0.05) is 44.5 Å². The molecule has 4 unspecified atom stereocenters. The Balaban J connectivity index is 0.000000143. The summed E-state index contributed by atoms with van der Waals surface area (Å²) in [5.41, 5.74) is 14.6. The summed E-state index contributed by atoms with van der Waals surface area (Å²) in [7, 11) is 0. The van der Waals surface area contributed by atoms with Crippen LogP contribution in [0.4, 0.5) is 0 Å². The molecule has 0 saturated heterocycles. The number of aryl methyl sites for hydroxylation is 1. The van der Waals surface area contributed by atoms with Crippen LogP contribution in [0.3, 0.4) is 0 Å². The number of benzene rings is 1. The van der Waals surface area contributed by atoms with Crippen LogP contribution >= 0.6 is 0 Å². The third-order valence-electron chi connectivity index (χ3n) is 5.21. The Morgan fingerprint density at radius 1 is 0.952 bits per heavy atom. The van der Waals surface area contributed by atoms with Gasteiger partial charge in [0.05, 0.1) is 0 Å². The summed E-state index contributed by atoms with van der Waals surface area (Å²) in [6.45, 7) is 4.00. The van der Waals surface area contributed by atoms with Crippen LogP contribution in [0.15, 0.2) is 24.3 Å². The zero-order valence-corrected chi connectivity index (χ0v) is 13.7. The quantitative estimate of drug-likeness (QED) is 0.752. The van der Waals surface area contributed by atoms with Crippen LogP contribution in [0.25, 0.3) is 0 Å². The molecular formula is C19H32N2. The summed E-state index contributed by atoms with van der Waals surface area (Å²) in [4.78, 5) is 0. The first-order valence-electron chi connectivity index (χ1n) is 8.83. The molecule has 4 rings (SSSR count). The Kier molecular flexibility index (Phi) is 6.25. The van der Waals surface area contributed by atoms with Crippen molar-refractivity contribution in [1.29, 1.82) is 0 Å². The van der Waals surface area contributed by atoms with Crippen molar-refractivity contribution in [2.75, 3.05) is 0 Å². The molecule has 0 heterocycles.